The van der Waals surface area contributed by atoms with Gasteiger partial charge in [0.1, 0.15) is 18.1 Å². The lowest BCUT2D eigenvalue weighted by Gasteiger charge is -2.05. The zero-order chi connectivity index (χ0) is 16.9. The highest BCUT2D eigenvalue weighted by atomic mass is 35.5. The number of ether oxygens (including phenoxy) is 1. The Hall–Kier alpha value is -2.53. The Balaban J connectivity index is 1.60. The van der Waals surface area contributed by atoms with E-state index < -0.39 is 0 Å². The van der Waals surface area contributed by atoms with E-state index in [9.17, 15) is 4.79 Å². The number of aryl methyl sites for hydroxylation is 1. The fourth-order valence-electron chi connectivity index (χ4n) is 2.29. The van der Waals surface area contributed by atoms with Crippen LogP contribution in [-0.2, 0) is 13.0 Å². The Morgan fingerprint density at radius 3 is 2.71 bits per heavy atom. The Bertz CT molecular complexity index is 821. The number of carbonyl (C=O) groups is 1. The fraction of sp³-hybridized carbons (Fsp3) is 0.222. The molecule has 0 saturated heterocycles. The van der Waals surface area contributed by atoms with E-state index in [0.29, 0.717) is 10.8 Å². The molecule has 1 aromatic carbocycles. The molecule has 6 heteroatoms. The van der Waals surface area contributed by atoms with Gasteiger partial charge in [-0.25, -0.2) is 0 Å². The standard InChI is InChI=1S/C18H17ClN2O3/c1-2-3-13-4-6-15(7-5-13)23-12-16-8-9-17(24-16)18(22)21-11-14(19)10-20-21/h4-11H,2-3,12H2,1H3. The molecule has 0 saturated carbocycles. The summed E-state index contributed by atoms with van der Waals surface area (Å²) in [4.78, 5) is 12.2. The Labute approximate surface area is 144 Å². The number of hydrogen-bond acceptors (Lipinski definition) is 4. The van der Waals surface area contributed by atoms with Gasteiger partial charge in [-0.1, -0.05) is 37.1 Å². The zero-order valence-electron chi connectivity index (χ0n) is 13.2. The summed E-state index contributed by atoms with van der Waals surface area (Å²) in [7, 11) is 0. The van der Waals surface area contributed by atoms with Crippen molar-refractivity contribution in [1.29, 1.82) is 0 Å². The van der Waals surface area contributed by atoms with Crippen molar-refractivity contribution in [1.82, 2.24) is 9.78 Å². The molecule has 0 unspecified atom stereocenters. The first-order valence-electron chi connectivity index (χ1n) is 7.71. The van der Waals surface area contributed by atoms with Gasteiger partial charge in [-0.15, -0.1) is 0 Å². The highest BCUT2D eigenvalue weighted by Gasteiger charge is 2.14. The second-order valence-electron chi connectivity index (χ2n) is 5.36. The fourth-order valence-corrected chi connectivity index (χ4v) is 2.43. The topological polar surface area (TPSA) is 57.3 Å². The van der Waals surface area contributed by atoms with Crippen LogP contribution in [0.5, 0.6) is 5.75 Å². The van der Waals surface area contributed by atoms with Gasteiger partial charge in [0.25, 0.3) is 0 Å². The van der Waals surface area contributed by atoms with E-state index in [4.69, 9.17) is 20.8 Å². The first kappa shape index (κ1) is 16.3. The first-order chi connectivity index (χ1) is 11.7. The Kier molecular flexibility index (Phi) is 5.01. The monoisotopic (exact) mass is 344 g/mol. The maximum absolute atomic E-state index is 12.2. The predicted molar refractivity (Wildman–Crippen MR) is 90.4 cm³/mol. The van der Waals surface area contributed by atoms with Crippen LogP contribution in [0, 0.1) is 0 Å². The predicted octanol–water partition coefficient (Wildman–Crippen LogP) is 4.35. The lowest BCUT2D eigenvalue weighted by atomic mass is 10.1. The summed E-state index contributed by atoms with van der Waals surface area (Å²) in [6.07, 6.45) is 5.00. The molecular weight excluding hydrogens is 328 g/mol. The van der Waals surface area contributed by atoms with E-state index in [0.717, 1.165) is 23.3 Å². The van der Waals surface area contributed by atoms with Crippen LogP contribution in [-0.4, -0.2) is 15.7 Å². The van der Waals surface area contributed by atoms with Crippen LogP contribution in [0.15, 0.2) is 53.2 Å². The van der Waals surface area contributed by atoms with Crippen molar-refractivity contribution < 1.29 is 13.9 Å². The van der Waals surface area contributed by atoms with Crippen molar-refractivity contribution in [2.75, 3.05) is 0 Å². The summed E-state index contributed by atoms with van der Waals surface area (Å²) in [5.74, 6) is 1.14. The molecule has 0 spiro atoms. The van der Waals surface area contributed by atoms with Crippen LogP contribution < -0.4 is 4.74 Å². The van der Waals surface area contributed by atoms with Crippen LogP contribution in [0.1, 0.15) is 35.2 Å². The molecule has 3 rings (SSSR count). The molecule has 5 nitrogen and oxygen atoms in total. The minimum atomic E-state index is -0.378. The smallest absolute Gasteiger partial charge is 0.313 e. The molecule has 0 atom stereocenters. The number of halogens is 1. The molecule has 0 aliphatic rings. The van der Waals surface area contributed by atoms with Crippen LogP contribution in [0.25, 0.3) is 0 Å². The van der Waals surface area contributed by atoms with Crippen molar-refractivity contribution >= 4 is 17.5 Å². The van der Waals surface area contributed by atoms with E-state index in [1.807, 2.05) is 12.1 Å². The second-order valence-corrected chi connectivity index (χ2v) is 5.79. The molecule has 124 valence electrons. The van der Waals surface area contributed by atoms with Gasteiger partial charge in [-0.2, -0.15) is 9.78 Å². The maximum Gasteiger partial charge on any atom is 0.313 e. The van der Waals surface area contributed by atoms with Gasteiger partial charge in [0.05, 0.1) is 17.4 Å². The maximum atomic E-state index is 12.2. The summed E-state index contributed by atoms with van der Waals surface area (Å²) >= 11 is 5.76. The Morgan fingerprint density at radius 2 is 2.04 bits per heavy atom. The lowest BCUT2D eigenvalue weighted by molar-refractivity contribution is 0.0913. The number of aromatic nitrogens is 2. The highest BCUT2D eigenvalue weighted by molar-refractivity contribution is 6.30. The molecule has 24 heavy (non-hydrogen) atoms. The first-order valence-corrected chi connectivity index (χ1v) is 8.09. The molecular formula is C18H17ClN2O3. The molecule has 0 fully saturated rings. The van der Waals surface area contributed by atoms with Crippen LogP contribution in [0.4, 0.5) is 0 Å². The molecule has 2 heterocycles. The van der Waals surface area contributed by atoms with Crippen LogP contribution in [0.3, 0.4) is 0 Å². The molecule has 0 aliphatic heterocycles. The number of benzene rings is 1. The SMILES string of the molecule is CCCc1ccc(OCc2ccc(C(=O)n3cc(Cl)cn3)o2)cc1. The minimum Gasteiger partial charge on any atom is -0.486 e. The van der Waals surface area contributed by atoms with Gasteiger partial charge in [0, 0.05) is 0 Å². The summed E-state index contributed by atoms with van der Waals surface area (Å²) in [5, 5.41) is 4.26. The number of carbonyl (C=O) groups excluding carboxylic acids is 1. The molecule has 2 aromatic heterocycles. The molecule has 3 aromatic rings. The average Bonchev–Trinajstić information content (AvgIpc) is 3.23. The third kappa shape index (κ3) is 3.86. The lowest BCUT2D eigenvalue weighted by Crippen LogP contribution is -2.11. The van der Waals surface area contributed by atoms with Crippen LogP contribution in [0.2, 0.25) is 5.02 Å². The van der Waals surface area contributed by atoms with Crippen molar-refractivity contribution in [3.63, 3.8) is 0 Å². The molecule has 0 aliphatic carbocycles. The Morgan fingerprint density at radius 1 is 1.25 bits per heavy atom. The van der Waals surface area contributed by atoms with Gasteiger partial charge in [0.2, 0.25) is 0 Å². The number of rotatable bonds is 6. The van der Waals surface area contributed by atoms with E-state index in [2.05, 4.69) is 24.2 Å². The summed E-state index contributed by atoms with van der Waals surface area (Å²) in [6.45, 7) is 2.40. The van der Waals surface area contributed by atoms with Gasteiger partial charge in [0.15, 0.2) is 5.76 Å². The number of nitrogens with zero attached hydrogens (tertiary/aromatic N) is 2. The molecule has 0 N–H and O–H groups in total. The van der Waals surface area contributed by atoms with Gasteiger partial charge in [-0.3, -0.25) is 4.79 Å². The molecule has 0 amide bonds. The number of furan rings is 1. The highest BCUT2D eigenvalue weighted by Crippen LogP contribution is 2.17. The van der Waals surface area contributed by atoms with E-state index in [1.165, 1.54) is 18.0 Å². The van der Waals surface area contributed by atoms with Gasteiger partial charge < -0.3 is 9.15 Å². The van der Waals surface area contributed by atoms with Crippen LogP contribution >= 0.6 is 11.6 Å². The molecule has 0 bridgehead atoms. The minimum absolute atomic E-state index is 0.187. The van der Waals surface area contributed by atoms with Crippen molar-refractivity contribution in [3.05, 3.63) is 70.9 Å². The van der Waals surface area contributed by atoms with Crippen molar-refractivity contribution in [2.24, 2.45) is 0 Å². The molecule has 0 radical (unpaired) electrons. The number of hydrogen-bond donors (Lipinski definition) is 0. The third-order valence-corrected chi connectivity index (χ3v) is 3.67. The summed E-state index contributed by atoms with van der Waals surface area (Å²) < 4.78 is 12.3. The second kappa shape index (κ2) is 7.36. The van der Waals surface area contributed by atoms with Gasteiger partial charge in [-0.05, 0) is 36.2 Å². The van der Waals surface area contributed by atoms with E-state index >= 15 is 0 Å². The van der Waals surface area contributed by atoms with E-state index in [-0.39, 0.29) is 18.3 Å². The average molecular weight is 345 g/mol. The zero-order valence-corrected chi connectivity index (χ0v) is 14.0. The van der Waals surface area contributed by atoms with Crippen molar-refractivity contribution in [3.8, 4) is 5.75 Å². The quantitative estimate of drug-likeness (QED) is 0.667. The van der Waals surface area contributed by atoms with Crippen molar-refractivity contribution in [2.45, 2.75) is 26.4 Å². The largest absolute Gasteiger partial charge is 0.486 e. The summed E-state index contributed by atoms with van der Waals surface area (Å²) in [6, 6.07) is 11.3. The third-order valence-electron chi connectivity index (χ3n) is 3.47. The normalized spacial score (nSPS) is 10.8. The van der Waals surface area contributed by atoms with E-state index in [1.54, 1.807) is 12.1 Å². The summed E-state index contributed by atoms with van der Waals surface area (Å²) in [5.41, 5.74) is 1.29. The van der Waals surface area contributed by atoms with Gasteiger partial charge >= 0.3 is 5.91 Å².